The van der Waals surface area contributed by atoms with Crippen LogP contribution < -0.4 is 0 Å². The van der Waals surface area contributed by atoms with Crippen LogP contribution in [0.3, 0.4) is 0 Å². The SMILES string of the molecule is CC(=NCCCCCN(C)C)C1=C(O)CC(C)(C)CC1=O. The Labute approximate surface area is 128 Å². The molecule has 0 aromatic carbocycles. The first-order valence-electron chi connectivity index (χ1n) is 7.84. The first kappa shape index (κ1) is 17.9. The maximum atomic E-state index is 12.2. The molecule has 0 atom stereocenters. The molecule has 1 rings (SSSR count). The molecule has 0 saturated heterocycles. The van der Waals surface area contributed by atoms with Crippen LogP contribution in [0.25, 0.3) is 0 Å². The van der Waals surface area contributed by atoms with Crippen molar-refractivity contribution in [1.82, 2.24) is 4.90 Å². The average molecular weight is 294 g/mol. The first-order valence-corrected chi connectivity index (χ1v) is 7.84. The van der Waals surface area contributed by atoms with E-state index >= 15 is 0 Å². The molecule has 4 heteroatoms. The molecule has 0 fully saturated rings. The number of unbranched alkanes of at least 4 members (excludes halogenated alkanes) is 2. The van der Waals surface area contributed by atoms with Gasteiger partial charge in [-0.2, -0.15) is 0 Å². The van der Waals surface area contributed by atoms with Crippen LogP contribution in [0.2, 0.25) is 0 Å². The minimum absolute atomic E-state index is 0.0256. The van der Waals surface area contributed by atoms with Crippen LogP contribution in [-0.4, -0.2) is 48.7 Å². The Kier molecular flexibility index (Phi) is 6.59. The van der Waals surface area contributed by atoms with E-state index in [4.69, 9.17) is 0 Å². The zero-order chi connectivity index (χ0) is 16.0. The van der Waals surface area contributed by atoms with Crippen LogP contribution in [0.4, 0.5) is 0 Å². The molecule has 0 bridgehead atoms. The van der Waals surface area contributed by atoms with Crippen LogP contribution in [0.15, 0.2) is 16.3 Å². The van der Waals surface area contributed by atoms with Crippen molar-refractivity contribution < 1.29 is 9.90 Å². The zero-order valence-electron chi connectivity index (χ0n) is 14.2. The van der Waals surface area contributed by atoms with E-state index in [1.54, 1.807) is 0 Å². The maximum absolute atomic E-state index is 12.2. The quantitative estimate of drug-likeness (QED) is 0.578. The van der Waals surface area contributed by atoms with E-state index in [1.807, 2.05) is 20.8 Å². The molecule has 0 aromatic heterocycles. The molecule has 1 N–H and O–H groups in total. The summed E-state index contributed by atoms with van der Waals surface area (Å²) in [7, 11) is 4.15. The van der Waals surface area contributed by atoms with E-state index in [1.165, 1.54) is 6.42 Å². The van der Waals surface area contributed by atoms with Gasteiger partial charge in [-0.15, -0.1) is 0 Å². The van der Waals surface area contributed by atoms with Gasteiger partial charge in [-0.3, -0.25) is 9.79 Å². The Morgan fingerprint density at radius 2 is 1.90 bits per heavy atom. The van der Waals surface area contributed by atoms with Crippen LogP contribution in [-0.2, 0) is 4.79 Å². The third kappa shape index (κ3) is 6.00. The number of carbonyl (C=O) groups is 1. The van der Waals surface area contributed by atoms with E-state index in [-0.39, 0.29) is 17.0 Å². The van der Waals surface area contributed by atoms with Gasteiger partial charge in [0.15, 0.2) is 5.78 Å². The number of nitrogens with zero attached hydrogens (tertiary/aromatic N) is 2. The minimum atomic E-state index is -0.142. The number of Topliss-reactive ketones (excluding diaryl/α,β-unsaturated/α-hetero) is 1. The van der Waals surface area contributed by atoms with Gasteiger partial charge in [0.2, 0.25) is 0 Å². The third-order valence-corrected chi connectivity index (χ3v) is 3.83. The zero-order valence-corrected chi connectivity index (χ0v) is 14.2. The van der Waals surface area contributed by atoms with Gasteiger partial charge in [0.1, 0.15) is 5.76 Å². The predicted octanol–water partition coefficient (Wildman–Crippen LogP) is 3.38. The summed E-state index contributed by atoms with van der Waals surface area (Å²) in [5.74, 6) is 0.239. The monoisotopic (exact) mass is 294 g/mol. The second-order valence-corrected chi connectivity index (χ2v) is 7.09. The Morgan fingerprint density at radius 3 is 2.48 bits per heavy atom. The minimum Gasteiger partial charge on any atom is -0.511 e. The molecule has 4 nitrogen and oxygen atoms in total. The van der Waals surface area contributed by atoms with Crippen LogP contribution in [0.5, 0.6) is 0 Å². The second kappa shape index (κ2) is 7.74. The molecule has 1 aliphatic rings. The number of allylic oxidation sites excluding steroid dienone is 2. The fourth-order valence-corrected chi connectivity index (χ4v) is 2.74. The lowest BCUT2D eigenvalue weighted by atomic mass is 9.76. The summed E-state index contributed by atoms with van der Waals surface area (Å²) in [4.78, 5) is 18.8. The van der Waals surface area contributed by atoms with Crippen molar-refractivity contribution >= 4 is 11.5 Å². The van der Waals surface area contributed by atoms with Crippen molar-refractivity contribution in [3.05, 3.63) is 11.3 Å². The number of aliphatic hydroxyl groups excluding tert-OH is 1. The van der Waals surface area contributed by atoms with E-state index in [9.17, 15) is 9.90 Å². The van der Waals surface area contributed by atoms with E-state index < -0.39 is 0 Å². The molecule has 21 heavy (non-hydrogen) atoms. The largest absolute Gasteiger partial charge is 0.511 e. The van der Waals surface area contributed by atoms with Gasteiger partial charge in [0.05, 0.1) is 5.57 Å². The molecule has 0 amide bonds. The van der Waals surface area contributed by atoms with E-state index in [0.29, 0.717) is 24.1 Å². The number of aliphatic hydroxyl groups is 1. The third-order valence-electron chi connectivity index (χ3n) is 3.83. The second-order valence-electron chi connectivity index (χ2n) is 7.09. The molecular weight excluding hydrogens is 264 g/mol. The van der Waals surface area contributed by atoms with Crippen molar-refractivity contribution in [3.63, 3.8) is 0 Å². The Morgan fingerprint density at radius 1 is 1.24 bits per heavy atom. The van der Waals surface area contributed by atoms with Crippen molar-refractivity contribution in [2.24, 2.45) is 10.4 Å². The molecular formula is C17H30N2O2. The summed E-state index contributed by atoms with van der Waals surface area (Å²) in [6.07, 6.45) is 4.38. The molecule has 0 saturated carbocycles. The summed E-state index contributed by atoms with van der Waals surface area (Å²) in [6.45, 7) is 7.68. The van der Waals surface area contributed by atoms with Crippen molar-refractivity contribution in [3.8, 4) is 0 Å². The summed E-state index contributed by atoms with van der Waals surface area (Å²) >= 11 is 0. The van der Waals surface area contributed by atoms with Gasteiger partial charge in [-0.25, -0.2) is 0 Å². The lowest BCUT2D eigenvalue weighted by Crippen LogP contribution is -2.28. The van der Waals surface area contributed by atoms with Gasteiger partial charge in [-0.05, 0) is 45.8 Å². The predicted molar refractivity (Wildman–Crippen MR) is 88.1 cm³/mol. The number of rotatable bonds is 7. The number of aliphatic imine (C=N–C) groups is 1. The summed E-state index contributed by atoms with van der Waals surface area (Å²) < 4.78 is 0. The highest BCUT2D eigenvalue weighted by Gasteiger charge is 2.33. The van der Waals surface area contributed by atoms with E-state index in [2.05, 4.69) is 24.0 Å². The maximum Gasteiger partial charge on any atom is 0.168 e. The van der Waals surface area contributed by atoms with Crippen molar-refractivity contribution in [1.29, 1.82) is 0 Å². The summed E-state index contributed by atoms with van der Waals surface area (Å²) in [5.41, 5.74) is 1.01. The number of carbonyl (C=O) groups excluding carboxylic acids is 1. The van der Waals surface area contributed by atoms with Gasteiger partial charge in [0, 0.05) is 25.1 Å². The van der Waals surface area contributed by atoms with Gasteiger partial charge in [0.25, 0.3) is 0 Å². The molecule has 1 aliphatic carbocycles. The van der Waals surface area contributed by atoms with Crippen LogP contribution in [0.1, 0.15) is 52.9 Å². The number of hydrogen-bond acceptors (Lipinski definition) is 4. The standard InChI is InChI=1S/C17H30N2O2/c1-13(18-9-7-6-8-10-19(4)5)16-14(20)11-17(2,3)12-15(16)21/h20H,6-12H2,1-5H3. The Balaban J connectivity index is 2.52. The fourth-order valence-electron chi connectivity index (χ4n) is 2.74. The fraction of sp³-hybridized carbons (Fsp3) is 0.765. The van der Waals surface area contributed by atoms with Gasteiger partial charge in [-0.1, -0.05) is 20.3 Å². The normalized spacial score (nSPS) is 19.5. The van der Waals surface area contributed by atoms with Gasteiger partial charge >= 0.3 is 0 Å². The van der Waals surface area contributed by atoms with Crippen molar-refractivity contribution in [2.45, 2.75) is 52.9 Å². The number of ketones is 1. The molecule has 0 radical (unpaired) electrons. The van der Waals surface area contributed by atoms with Gasteiger partial charge < -0.3 is 10.0 Å². The smallest absolute Gasteiger partial charge is 0.168 e. The summed E-state index contributed by atoms with van der Waals surface area (Å²) in [5, 5.41) is 10.1. The highest BCUT2D eigenvalue weighted by molar-refractivity contribution is 6.22. The number of hydrogen-bond donors (Lipinski definition) is 1. The molecule has 0 aromatic rings. The topological polar surface area (TPSA) is 52.9 Å². The molecule has 0 unspecified atom stereocenters. The molecule has 120 valence electrons. The van der Waals surface area contributed by atoms with Crippen LogP contribution >= 0.6 is 0 Å². The lowest BCUT2D eigenvalue weighted by Gasteiger charge is -2.29. The highest BCUT2D eigenvalue weighted by atomic mass is 16.3. The molecule has 0 heterocycles. The van der Waals surface area contributed by atoms with Crippen LogP contribution in [0, 0.1) is 5.41 Å². The van der Waals surface area contributed by atoms with E-state index in [0.717, 1.165) is 25.9 Å². The molecule has 0 aliphatic heterocycles. The van der Waals surface area contributed by atoms with Crippen molar-refractivity contribution in [2.75, 3.05) is 27.2 Å². The first-order chi connectivity index (χ1) is 9.73. The lowest BCUT2D eigenvalue weighted by molar-refractivity contribution is -0.117. The Hall–Kier alpha value is -1.16. The highest BCUT2D eigenvalue weighted by Crippen LogP contribution is 2.36. The summed E-state index contributed by atoms with van der Waals surface area (Å²) in [6, 6.07) is 0. The Bertz CT molecular complexity index is 434. The molecule has 0 spiro atoms. The average Bonchev–Trinajstić information content (AvgIpc) is 2.30.